The largest absolute Gasteiger partial charge is 0.397 e. The molecule has 3 N–H and O–H groups in total. The van der Waals surface area contributed by atoms with Crippen LogP contribution in [0.15, 0.2) is 12.3 Å². The molecular weight excluding hydrogens is 226 g/mol. The highest BCUT2D eigenvalue weighted by Crippen LogP contribution is 2.26. The van der Waals surface area contributed by atoms with Crippen molar-refractivity contribution in [2.24, 2.45) is 0 Å². The monoisotopic (exact) mass is 243 g/mol. The zero-order chi connectivity index (χ0) is 12.1. The van der Waals surface area contributed by atoms with Gasteiger partial charge in [-0.1, -0.05) is 11.6 Å². The number of nitrogens with zero attached hydrogens (tertiary/aromatic N) is 2. The molecule has 1 aromatic heterocycles. The van der Waals surface area contributed by atoms with Crippen LogP contribution in [-0.2, 0) is 0 Å². The molecule has 1 aromatic rings. The third-order valence-corrected chi connectivity index (χ3v) is 2.57. The second kappa shape index (κ2) is 5.92. The summed E-state index contributed by atoms with van der Waals surface area (Å²) in [6.07, 6.45) is 2.29. The Balaban J connectivity index is 2.92. The number of nitrogen functional groups attached to an aromatic ring is 1. The van der Waals surface area contributed by atoms with Crippen molar-refractivity contribution in [3.63, 3.8) is 0 Å². The predicted molar refractivity (Wildman–Crippen MR) is 67.8 cm³/mol. The third-order valence-electron chi connectivity index (χ3n) is 2.30. The molecule has 4 nitrogen and oxygen atoms in total. The molecule has 90 valence electrons. The first-order valence-electron chi connectivity index (χ1n) is 5.34. The SMILES string of the molecule is CC(C)N(CCCO)c1ncc(N)cc1Cl. The molecule has 0 bridgehead atoms. The topological polar surface area (TPSA) is 62.4 Å². The van der Waals surface area contributed by atoms with E-state index >= 15 is 0 Å². The van der Waals surface area contributed by atoms with Gasteiger partial charge in [-0.2, -0.15) is 0 Å². The quantitative estimate of drug-likeness (QED) is 0.830. The Labute approximate surface area is 101 Å². The first kappa shape index (κ1) is 13.1. The number of hydrogen-bond acceptors (Lipinski definition) is 4. The van der Waals surface area contributed by atoms with Crippen molar-refractivity contribution in [2.45, 2.75) is 26.3 Å². The Morgan fingerprint density at radius 2 is 2.25 bits per heavy atom. The lowest BCUT2D eigenvalue weighted by Crippen LogP contribution is -2.33. The van der Waals surface area contributed by atoms with Crippen LogP contribution in [0.4, 0.5) is 11.5 Å². The minimum absolute atomic E-state index is 0.163. The van der Waals surface area contributed by atoms with Gasteiger partial charge in [0.2, 0.25) is 0 Å². The van der Waals surface area contributed by atoms with E-state index in [4.69, 9.17) is 22.4 Å². The molecule has 16 heavy (non-hydrogen) atoms. The van der Waals surface area contributed by atoms with Crippen LogP contribution in [0.2, 0.25) is 5.02 Å². The highest BCUT2D eigenvalue weighted by atomic mass is 35.5. The van der Waals surface area contributed by atoms with Crippen molar-refractivity contribution < 1.29 is 5.11 Å². The van der Waals surface area contributed by atoms with Crippen molar-refractivity contribution in [3.05, 3.63) is 17.3 Å². The molecule has 0 amide bonds. The highest BCUT2D eigenvalue weighted by molar-refractivity contribution is 6.33. The lowest BCUT2D eigenvalue weighted by Gasteiger charge is -2.28. The Kier molecular flexibility index (Phi) is 4.83. The molecule has 0 aliphatic heterocycles. The summed E-state index contributed by atoms with van der Waals surface area (Å²) in [4.78, 5) is 6.29. The number of nitrogens with two attached hydrogens (primary N) is 1. The summed E-state index contributed by atoms with van der Waals surface area (Å²) in [5, 5.41) is 9.41. The van der Waals surface area contributed by atoms with Crippen LogP contribution >= 0.6 is 11.6 Å². The van der Waals surface area contributed by atoms with Gasteiger partial charge in [-0.05, 0) is 26.3 Å². The molecule has 0 spiro atoms. The highest BCUT2D eigenvalue weighted by Gasteiger charge is 2.14. The molecule has 1 heterocycles. The van der Waals surface area contributed by atoms with Gasteiger partial charge in [0.15, 0.2) is 0 Å². The summed E-state index contributed by atoms with van der Waals surface area (Å²) >= 11 is 6.10. The van der Waals surface area contributed by atoms with Crippen LogP contribution < -0.4 is 10.6 Å². The average Bonchev–Trinajstić information content (AvgIpc) is 2.20. The molecule has 0 aliphatic rings. The fraction of sp³-hybridized carbons (Fsp3) is 0.545. The van der Waals surface area contributed by atoms with Crippen LogP contribution in [0, 0.1) is 0 Å². The zero-order valence-corrected chi connectivity index (χ0v) is 10.4. The van der Waals surface area contributed by atoms with Crippen molar-refractivity contribution in [3.8, 4) is 0 Å². The Morgan fingerprint density at radius 3 is 2.75 bits per heavy atom. The van der Waals surface area contributed by atoms with Crippen LogP contribution in [0.3, 0.4) is 0 Å². The van der Waals surface area contributed by atoms with E-state index in [1.54, 1.807) is 12.3 Å². The molecular formula is C11H18ClN3O. The third kappa shape index (κ3) is 3.25. The molecule has 0 atom stereocenters. The Morgan fingerprint density at radius 1 is 1.56 bits per heavy atom. The summed E-state index contributed by atoms with van der Waals surface area (Å²) in [7, 11) is 0. The van der Waals surface area contributed by atoms with Crippen LogP contribution in [-0.4, -0.2) is 29.3 Å². The van der Waals surface area contributed by atoms with Crippen molar-refractivity contribution in [1.29, 1.82) is 0 Å². The predicted octanol–water partition coefficient (Wildman–Crippen LogP) is 1.91. The summed E-state index contributed by atoms with van der Waals surface area (Å²) in [5.41, 5.74) is 6.15. The van der Waals surface area contributed by atoms with E-state index in [0.717, 1.165) is 12.4 Å². The fourth-order valence-electron chi connectivity index (χ4n) is 1.51. The number of hydrogen-bond donors (Lipinski definition) is 2. The molecule has 0 saturated carbocycles. The van der Waals surface area contributed by atoms with Crippen molar-refractivity contribution in [2.75, 3.05) is 23.8 Å². The van der Waals surface area contributed by atoms with Crippen molar-refractivity contribution >= 4 is 23.1 Å². The normalized spacial score (nSPS) is 10.8. The lowest BCUT2D eigenvalue weighted by molar-refractivity contribution is 0.288. The van der Waals surface area contributed by atoms with Gasteiger partial charge in [0, 0.05) is 19.2 Å². The van der Waals surface area contributed by atoms with Crippen LogP contribution in [0.25, 0.3) is 0 Å². The van der Waals surface area contributed by atoms with Gasteiger partial charge in [-0.25, -0.2) is 4.98 Å². The van der Waals surface area contributed by atoms with Crippen LogP contribution in [0.1, 0.15) is 20.3 Å². The molecule has 0 unspecified atom stereocenters. The standard InChI is InChI=1S/C11H18ClN3O/c1-8(2)15(4-3-5-16)11-10(12)6-9(13)7-14-11/h6-8,16H,3-5,13H2,1-2H3. The maximum absolute atomic E-state index is 8.86. The van der Waals surface area contributed by atoms with E-state index in [-0.39, 0.29) is 12.6 Å². The lowest BCUT2D eigenvalue weighted by atomic mass is 10.2. The van der Waals surface area contributed by atoms with Crippen LogP contribution in [0.5, 0.6) is 0 Å². The molecule has 5 heteroatoms. The first-order valence-corrected chi connectivity index (χ1v) is 5.72. The van der Waals surface area contributed by atoms with Gasteiger partial charge in [-0.3, -0.25) is 0 Å². The number of aliphatic hydroxyl groups is 1. The number of anilines is 2. The maximum Gasteiger partial charge on any atom is 0.147 e. The smallest absolute Gasteiger partial charge is 0.147 e. The summed E-state index contributed by atoms with van der Waals surface area (Å²) in [6, 6.07) is 1.97. The number of aromatic nitrogens is 1. The molecule has 0 radical (unpaired) electrons. The Bertz CT molecular complexity index is 344. The van der Waals surface area contributed by atoms with E-state index in [2.05, 4.69) is 23.7 Å². The Hall–Kier alpha value is -1.00. The van der Waals surface area contributed by atoms with E-state index in [1.807, 2.05) is 0 Å². The van der Waals surface area contributed by atoms with E-state index in [9.17, 15) is 0 Å². The fourth-order valence-corrected chi connectivity index (χ4v) is 1.79. The van der Waals surface area contributed by atoms with E-state index in [0.29, 0.717) is 17.1 Å². The van der Waals surface area contributed by atoms with E-state index in [1.165, 1.54) is 0 Å². The molecule has 0 aliphatic carbocycles. The van der Waals surface area contributed by atoms with E-state index < -0.39 is 0 Å². The first-order chi connectivity index (χ1) is 7.56. The molecule has 0 aromatic carbocycles. The summed E-state index contributed by atoms with van der Waals surface area (Å²) < 4.78 is 0. The summed E-state index contributed by atoms with van der Waals surface area (Å²) in [6.45, 7) is 5.01. The second-order valence-electron chi connectivity index (χ2n) is 3.94. The van der Waals surface area contributed by atoms with Gasteiger partial charge < -0.3 is 15.7 Å². The number of rotatable bonds is 5. The number of pyridine rings is 1. The number of aliphatic hydroxyl groups excluding tert-OH is 1. The maximum atomic E-state index is 8.86. The van der Waals surface area contributed by atoms with Gasteiger partial charge in [0.1, 0.15) is 5.82 Å². The number of halogens is 1. The van der Waals surface area contributed by atoms with Gasteiger partial charge in [0.05, 0.1) is 16.9 Å². The summed E-state index contributed by atoms with van der Waals surface area (Å²) in [5.74, 6) is 0.722. The van der Waals surface area contributed by atoms with Gasteiger partial charge in [0.25, 0.3) is 0 Å². The van der Waals surface area contributed by atoms with Crippen molar-refractivity contribution in [1.82, 2.24) is 4.98 Å². The second-order valence-corrected chi connectivity index (χ2v) is 4.35. The zero-order valence-electron chi connectivity index (χ0n) is 9.65. The average molecular weight is 244 g/mol. The molecule has 0 saturated heterocycles. The minimum Gasteiger partial charge on any atom is -0.397 e. The molecule has 0 fully saturated rings. The minimum atomic E-state index is 0.163. The van der Waals surface area contributed by atoms with Gasteiger partial charge in [-0.15, -0.1) is 0 Å². The van der Waals surface area contributed by atoms with Gasteiger partial charge >= 0.3 is 0 Å². The molecule has 1 rings (SSSR count).